The van der Waals surface area contributed by atoms with E-state index in [1.54, 1.807) is 0 Å². The van der Waals surface area contributed by atoms with Crippen molar-refractivity contribution >= 4 is 39.8 Å². The van der Waals surface area contributed by atoms with Gasteiger partial charge in [0.2, 0.25) is 5.91 Å². The number of halogens is 3. The lowest BCUT2D eigenvalue weighted by molar-refractivity contribution is -0.384. The van der Waals surface area contributed by atoms with E-state index in [1.165, 1.54) is 24.3 Å². The fourth-order valence-corrected chi connectivity index (χ4v) is 2.72. The van der Waals surface area contributed by atoms with Gasteiger partial charge in [-0.15, -0.1) is 0 Å². The topological polar surface area (TPSA) is 116 Å². The third-order valence-corrected chi connectivity index (χ3v) is 4.06. The van der Waals surface area contributed by atoms with E-state index in [1.807, 2.05) is 0 Å². The maximum absolute atomic E-state index is 12.5. The first kappa shape index (κ1) is 20.1. The maximum Gasteiger partial charge on any atom is 0.387 e. The number of carbonyl (C=O) groups excluding carboxylic acids is 1. The predicted molar refractivity (Wildman–Crippen MR) is 99.4 cm³/mol. The number of benzene rings is 2. The highest BCUT2D eigenvalue weighted by Gasteiger charge is 2.14. The molecule has 0 atom stereocenters. The molecule has 1 heterocycles. The van der Waals surface area contributed by atoms with Gasteiger partial charge >= 0.3 is 6.61 Å². The Balaban J connectivity index is 1.79. The SMILES string of the molecule is O=C(Cn1cnc2ccc([N+](=O)[O-])cc2c1=O)Nc1ccc(OC(F)F)c(Cl)c1. The number of non-ortho nitro benzene ring substituents is 1. The molecule has 9 nitrogen and oxygen atoms in total. The van der Waals surface area contributed by atoms with Crippen LogP contribution in [0.15, 0.2) is 47.5 Å². The van der Waals surface area contributed by atoms with Crippen LogP contribution >= 0.6 is 11.6 Å². The Morgan fingerprint density at radius 2 is 2.07 bits per heavy atom. The zero-order valence-electron chi connectivity index (χ0n) is 14.3. The molecule has 0 saturated heterocycles. The maximum atomic E-state index is 12.5. The van der Waals surface area contributed by atoms with Crippen molar-refractivity contribution in [2.24, 2.45) is 0 Å². The number of nitrogens with one attached hydrogen (secondary N) is 1. The Labute approximate surface area is 165 Å². The van der Waals surface area contributed by atoms with Gasteiger partial charge in [0.05, 0.1) is 27.2 Å². The molecule has 0 aliphatic rings. The number of aromatic nitrogens is 2. The van der Waals surface area contributed by atoms with Crippen molar-refractivity contribution < 1.29 is 23.2 Å². The van der Waals surface area contributed by atoms with Crippen LogP contribution < -0.4 is 15.6 Å². The number of hydrogen-bond acceptors (Lipinski definition) is 6. The Hall–Kier alpha value is -3.60. The van der Waals surface area contributed by atoms with Gasteiger partial charge in [-0.1, -0.05) is 11.6 Å². The predicted octanol–water partition coefficient (Wildman–Crippen LogP) is 3.20. The van der Waals surface area contributed by atoms with Gasteiger partial charge < -0.3 is 10.1 Å². The number of fused-ring (bicyclic) bond motifs is 1. The quantitative estimate of drug-likeness (QED) is 0.479. The molecule has 0 bridgehead atoms. The third kappa shape index (κ3) is 4.63. The van der Waals surface area contributed by atoms with Crippen LogP contribution in [0.4, 0.5) is 20.2 Å². The monoisotopic (exact) mass is 424 g/mol. The molecule has 3 rings (SSSR count). The summed E-state index contributed by atoms with van der Waals surface area (Å²) in [6.07, 6.45) is 1.14. The van der Waals surface area contributed by atoms with Gasteiger partial charge in [-0.3, -0.25) is 24.3 Å². The highest BCUT2D eigenvalue weighted by atomic mass is 35.5. The van der Waals surface area contributed by atoms with E-state index in [2.05, 4.69) is 15.0 Å². The van der Waals surface area contributed by atoms with Gasteiger partial charge in [-0.25, -0.2) is 4.98 Å². The summed E-state index contributed by atoms with van der Waals surface area (Å²) in [7, 11) is 0. The Bertz CT molecular complexity index is 1170. The van der Waals surface area contributed by atoms with E-state index >= 15 is 0 Å². The Kier molecular flexibility index (Phi) is 5.69. The van der Waals surface area contributed by atoms with Gasteiger partial charge in [0.1, 0.15) is 12.3 Å². The molecule has 150 valence electrons. The second-order valence-electron chi connectivity index (χ2n) is 5.71. The van der Waals surface area contributed by atoms with Crippen molar-refractivity contribution in [3.8, 4) is 5.75 Å². The van der Waals surface area contributed by atoms with Crippen molar-refractivity contribution in [3.05, 3.63) is 68.2 Å². The Morgan fingerprint density at radius 1 is 1.31 bits per heavy atom. The first-order valence-corrected chi connectivity index (χ1v) is 8.30. The van der Waals surface area contributed by atoms with E-state index < -0.39 is 29.5 Å². The molecule has 0 unspecified atom stereocenters. The molecule has 0 fully saturated rings. The van der Waals surface area contributed by atoms with E-state index in [4.69, 9.17) is 11.6 Å². The van der Waals surface area contributed by atoms with Gasteiger partial charge in [0.25, 0.3) is 11.2 Å². The summed E-state index contributed by atoms with van der Waals surface area (Å²) < 4.78 is 29.7. The smallest absolute Gasteiger partial charge is 0.387 e. The second-order valence-corrected chi connectivity index (χ2v) is 6.12. The van der Waals surface area contributed by atoms with E-state index in [9.17, 15) is 28.5 Å². The van der Waals surface area contributed by atoms with Crippen LogP contribution in [0.2, 0.25) is 5.02 Å². The number of nitro groups is 1. The molecule has 3 aromatic rings. The molecule has 0 spiro atoms. The number of nitrogens with zero attached hydrogens (tertiary/aromatic N) is 3. The summed E-state index contributed by atoms with van der Waals surface area (Å²) in [6.45, 7) is -3.48. The van der Waals surface area contributed by atoms with Gasteiger partial charge in [-0.05, 0) is 24.3 Å². The fourth-order valence-electron chi connectivity index (χ4n) is 2.50. The minimum absolute atomic E-state index is 0.00829. The third-order valence-electron chi connectivity index (χ3n) is 3.76. The van der Waals surface area contributed by atoms with Crippen LogP contribution in [0.1, 0.15) is 0 Å². The molecule has 0 aliphatic carbocycles. The number of amides is 1. The van der Waals surface area contributed by atoms with E-state index in [-0.39, 0.29) is 33.0 Å². The summed E-state index contributed by atoms with van der Waals surface area (Å²) in [6, 6.07) is 7.31. The molecule has 12 heteroatoms. The van der Waals surface area contributed by atoms with Crippen molar-refractivity contribution in [1.29, 1.82) is 0 Å². The van der Waals surface area contributed by atoms with Crippen LogP contribution in [0.3, 0.4) is 0 Å². The number of ether oxygens (including phenoxy) is 1. The van der Waals surface area contributed by atoms with Crippen molar-refractivity contribution in [1.82, 2.24) is 9.55 Å². The first-order valence-electron chi connectivity index (χ1n) is 7.92. The summed E-state index contributed by atoms with van der Waals surface area (Å²) in [4.78, 5) is 39.0. The lowest BCUT2D eigenvalue weighted by Gasteiger charge is -2.10. The molecular weight excluding hydrogens is 414 g/mol. The summed E-state index contributed by atoms with van der Waals surface area (Å²) >= 11 is 5.82. The zero-order chi connectivity index (χ0) is 21.1. The minimum Gasteiger partial charge on any atom is -0.433 e. The molecular formula is C17H11ClF2N4O5. The Morgan fingerprint density at radius 3 is 2.72 bits per heavy atom. The number of alkyl halides is 2. The number of hydrogen-bond donors (Lipinski definition) is 1. The molecule has 29 heavy (non-hydrogen) atoms. The van der Waals surface area contributed by atoms with E-state index in [0.717, 1.165) is 23.0 Å². The van der Waals surface area contributed by atoms with Crippen LogP contribution in [-0.2, 0) is 11.3 Å². The largest absolute Gasteiger partial charge is 0.433 e. The number of rotatable bonds is 6. The zero-order valence-corrected chi connectivity index (χ0v) is 15.1. The number of nitro benzene ring substituents is 1. The fraction of sp³-hybridized carbons (Fsp3) is 0.118. The van der Waals surface area contributed by atoms with Crippen LogP contribution in [0, 0.1) is 10.1 Å². The van der Waals surface area contributed by atoms with Gasteiger partial charge in [0.15, 0.2) is 0 Å². The lowest BCUT2D eigenvalue weighted by atomic mass is 10.2. The van der Waals surface area contributed by atoms with Crippen molar-refractivity contribution in [3.63, 3.8) is 0 Å². The van der Waals surface area contributed by atoms with E-state index in [0.29, 0.717) is 0 Å². The van der Waals surface area contributed by atoms with Crippen LogP contribution in [-0.4, -0.2) is 27.0 Å². The van der Waals surface area contributed by atoms with Crippen molar-refractivity contribution in [2.75, 3.05) is 5.32 Å². The minimum atomic E-state index is -3.05. The summed E-state index contributed by atoms with van der Waals surface area (Å²) in [5.41, 5.74) is -0.468. The molecule has 0 aliphatic heterocycles. The highest BCUT2D eigenvalue weighted by Crippen LogP contribution is 2.28. The van der Waals surface area contributed by atoms with Crippen LogP contribution in [0.25, 0.3) is 10.9 Å². The average Bonchev–Trinajstić information content (AvgIpc) is 2.65. The summed E-state index contributed by atoms with van der Waals surface area (Å²) in [5, 5.41) is 13.2. The summed E-state index contributed by atoms with van der Waals surface area (Å²) in [5.74, 6) is -0.881. The standard InChI is InChI=1S/C17H11ClF2N4O5/c18-12-5-9(1-4-14(12)29-17(19)20)22-15(25)7-23-8-21-13-3-2-10(24(27)28)6-11(13)16(23)26/h1-6,8,17H,7H2,(H,22,25). The lowest BCUT2D eigenvalue weighted by Crippen LogP contribution is -2.28. The molecule has 1 amide bonds. The normalized spacial score (nSPS) is 10.9. The average molecular weight is 425 g/mol. The number of carbonyl (C=O) groups is 1. The molecule has 0 radical (unpaired) electrons. The van der Waals surface area contributed by atoms with Gasteiger partial charge in [-0.2, -0.15) is 8.78 Å². The number of anilines is 1. The molecule has 2 aromatic carbocycles. The van der Waals surface area contributed by atoms with Crippen molar-refractivity contribution in [2.45, 2.75) is 13.2 Å². The first-order chi connectivity index (χ1) is 13.7. The molecule has 0 saturated carbocycles. The van der Waals surface area contributed by atoms with Gasteiger partial charge in [0, 0.05) is 17.8 Å². The second kappa shape index (κ2) is 8.19. The van der Waals surface area contributed by atoms with Crippen LogP contribution in [0.5, 0.6) is 5.75 Å². The molecule has 1 aromatic heterocycles. The molecule has 1 N–H and O–H groups in total. The highest BCUT2D eigenvalue weighted by molar-refractivity contribution is 6.32.